The van der Waals surface area contributed by atoms with Crippen molar-refractivity contribution in [2.75, 3.05) is 12.4 Å². The molecule has 0 saturated carbocycles. The second kappa shape index (κ2) is 7.69. The van der Waals surface area contributed by atoms with Crippen molar-refractivity contribution in [1.82, 2.24) is 20.6 Å². The Morgan fingerprint density at radius 1 is 1.13 bits per heavy atom. The first kappa shape index (κ1) is 19.7. The van der Waals surface area contributed by atoms with Gasteiger partial charge in [-0.2, -0.15) is 18.4 Å². The number of alkyl halides is 3. The number of rotatable bonds is 6. The molecule has 0 aliphatic heterocycles. The minimum Gasteiger partial charge on any atom is -0.496 e. The van der Waals surface area contributed by atoms with E-state index in [0.717, 1.165) is 29.0 Å². The highest BCUT2D eigenvalue weighted by molar-refractivity contribution is 5.83. The molecular formula is C20H18F3N5O2. The van der Waals surface area contributed by atoms with Gasteiger partial charge in [-0.1, -0.05) is 6.92 Å². The van der Waals surface area contributed by atoms with Gasteiger partial charge in [0, 0.05) is 17.6 Å². The number of ether oxygens (including phenoxy) is 1. The number of halogens is 3. The van der Waals surface area contributed by atoms with Gasteiger partial charge in [0.1, 0.15) is 11.3 Å². The number of tetrazole rings is 1. The molecule has 2 aromatic heterocycles. The summed E-state index contributed by atoms with van der Waals surface area (Å²) in [4.78, 5) is 0. The molecule has 2 aromatic carbocycles. The lowest BCUT2D eigenvalue weighted by molar-refractivity contribution is -0.138. The molecule has 4 aromatic rings. The number of aromatic amines is 1. The number of nitrogens with one attached hydrogen (secondary N) is 2. The molecule has 4 rings (SSSR count). The predicted molar refractivity (Wildman–Crippen MR) is 104 cm³/mol. The second-order valence-corrected chi connectivity index (χ2v) is 6.62. The number of nitrogens with zero attached hydrogens (tertiary/aromatic N) is 3. The van der Waals surface area contributed by atoms with Crippen molar-refractivity contribution in [3.8, 4) is 17.3 Å². The van der Waals surface area contributed by atoms with Gasteiger partial charge >= 0.3 is 6.18 Å². The summed E-state index contributed by atoms with van der Waals surface area (Å²) < 4.78 is 50.4. The molecule has 0 aliphatic rings. The van der Waals surface area contributed by atoms with Gasteiger partial charge in [-0.15, -0.1) is 10.2 Å². The molecule has 10 heteroatoms. The van der Waals surface area contributed by atoms with E-state index in [2.05, 4.69) is 25.9 Å². The summed E-state index contributed by atoms with van der Waals surface area (Å²) >= 11 is 0. The number of aromatic nitrogens is 4. The average Bonchev–Trinajstić information content (AvgIpc) is 3.39. The normalized spacial score (nSPS) is 11.8. The lowest BCUT2D eigenvalue weighted by Crippen LogP contribution is -2.09. The Morgan fingerprint density at radius 2 is 1.97 bits per heavy atom. The van der Waals surface area contributed by atoms with E-state index in [1.54, 1.807) is 6.07 Å². The van der Waals surface area contributed by atoms with E-state index in [1.807, 2.05) is 25.1 Å². The molecule has 0 spiro atoms. The molecule has 30 heavy (non-hydrogen) atoms. The van der Waals surface area contributed by atoms with Crippen molar-refractivity contribution in [3.05, 3.63) is 53.1 Å². The number of hydrogen-bond acceptors (Lipinski definition) is 6. The highest BCUT2D eigenvalue weighted by Gasteiger charge is 2.34. The zero-order valence-electron chi connectivity index (χ0n) is 16.2. The molecule has 0 fully saturated rings. The van der Waals surface area contributed by atoms with Crippen LogP contribution in [0.3, 0.4) is 0 Å². The molecule has 0 saturated heterocycles. The van der Waals surface area contributed by atoms with Gasteiger partial charge in [0.15, 0.2) is 5.76 Å². The minimum absolute atomic E-state index is 0.215. The van der Waals surface area contributed by atoms with E-state index in [9.17, 15) is 13.2 Å². The monoisotopic (exact) mass is 417 g/mol. The SMILES string of the molecule is CCc1cc2cc(-c3nn[nH]n3)oc2cc1CNc1ccc(OC)c(C(F)(F)F)c1. The molecular weight excluding hydrogens is 399 g/mol. The molecule has 0 amide bonds. The van der Waals surface area contributed by atoms with Crippen LogP contribution in [0.1, 0.15) is 23.6 Å². The first-order chi connectivity index (χ1) is 14.4. The van der Waals surface area contributed by atoms with Gasteiger partial charge in [0.2, 0.25) is 5.82 Å². The van der Waals surface area contributed by atoms with E-state index in [4.69, 9.17) is 9.15 Å². The van der Waals surface area contributed by atoms with E-state index >= 15 is 0 Å². The molecule has 156 valence electrons. The van der Waals surface area contributed by atoms with Gasteiger partial charge in [0.05, 0.1) is 12.7 Å². The molecule has 0 atom stereocenters. The first-order valence-corrected chi connectivity index (χ1v) is 9.17. The third-order valence-electron chi connectivity index (χ3n) is 4.77. The topological polar surface area (TPSA) is 88.9 Å². The first-order valence-electron chi connectivity index (χ1n) is 9.17. The van der Waals surface area contributed by atoms with Crippen molar-refractivity contribution < 1.29 is 22.3 Å². The van der Waals surface area contributed by atoms with Crippen LogP contribution in [0.15, 0.2) is 40.8 Å². The Balaban J connectivity index is 1.62. The Labute approximate surface area is 169 Å². The number of fused-ring (bicyclic) bond motifs is 1. The molecule has 2 heterocycles. The van der Waals surface area contributed by atoms with Gasteiger partial charge < -0.3 is 14.5 Å². The molecule has 0 unspecified atom stereocenters. The van der Waals surface area contributed by atoms with Crippen LogP contribution in [0.5, 0.6) is 5.75 Å². The zero-order valence-corrected chi connectivity index (χ0v) is 16.2. The molecule has 7 nitrogen and oxygen atoms in total. The summed E-state index contributed by atoms with van der Waals surface area (Å²) in [6.45, 7) is 2.35. The summed E-state index contributed by atoms with van der Waals surface area (Å²) in [5.74, 6) is 0.617. The van der Waals surface area contributed by atoms with Crippen LogP contribution in [0.2, 0.25) is 0 Å². The lowest BCUT2D eigenvalue weighted by atomic mass is 10.0. The van der Waals surface area contributed by atoms with Crippen molar-refractivity contribution >= 4 is 16.7 Å². The van der Waals surface area contributed by atoms with Crippen LogP contribution in [0.4, 0.5) is 18.9 Å². The fraction of sp³-hybridized carbons (Fsp3) is 0.250. The minimum atomic E-state index is -4.50. The predicted octanol–water partition coefficient (Wildman–Crippen LogP) is 4.81. The second-order valence-electron chi connectivity index (χ2n) is 6.62. The largest absolute Gasteiger partial charge is 0.496 e. The van der Waals surface area contributed by atoms with E-state index in [-0.39, 0.29) is 5.75 Å². The summed E-state index contributed by atoms with van der Waals surface area (Å²) in [7, 11) is 1.21. The van der Waals surface area contributed by atoms with Gasteiger partial charge in [-0.25, -0.2) is 0 Å². The van der Waals surface area contributed by atoms with Gasteiger partial charge in [0.25, 0.3) is 0 Å². The van der Waals surface area contributed by atoms with Gasteiger partial charge in [-0.3, -0.25) is 0 Å². The fourth-order valence-electron chi connectivity index (χ4n) is 3.28. The number of hydrogen-bond donors (Lipinski definition) is 2. The quantitative estimate of drug-likeness (QED) is 0.468. The Kier molecular flexibility index (Phi) is 5.06. The highest BCUT2D eigenvalue weighted by atomic mass is 19.4. The van der Waals surface area contributed by atoms with Crippen LogP contribution in [-0.2, 0) is 19.1 Å². The van der Waals surface area contributed by atoms with Crippen molar-refractivity contribution in [1.29, 1.82) is 0 Å². The Hall–Kier alpha value is -3.56. The van der Waals surface area contributed by atoms with Crippen LogP contribution in [0, 0.1) is 0 Å². The maximum Gasteiger partial charge on any atom is 0.420 e. The number of furan rings is 1. The Bertz CT molecular complexity index is 1170. The number of anilines is 1. The number of benzene rings is 2. The lowest BCUT2D eigenvalue weighted by Gasteiger charge is -2.15. The van der Waals surface area contributed by atoms with Crippen LogP contribution < -0.4 is 10.1 Å². The highest BCUT2D eigenvalue weighted by Crippen LogP contribution is 2.38. The fourth-order valence-corrected chi connectivity index (χ4v) is 3.28. The third kappa shape index (κ3) is 3.80. The van der Waals surface area contributed by atoms with Gasteiger partial charge in [-0.05, 0) is 59.2 Å². The molecule has 0 aliphatic carbocycles. The van der Waals surface area contributed by atoms with Crippen molar-refractivity contribution in [2.24, 2.45) is 0 Å². The summed E-state index contributed by atoms with van der Waals surface area (Å²) in [6, 6.07) is 9.60. The van der Waals surface area contributed by atoms with Crippen molar-refractivity contribution in [3.63, 3.8) is 0 Å². The number of aryl methyl sites for hydroxylation is 1. The molecule has 0 radical (unpaired) electrons. The van der Waals surface area contributed by atoms with Crippen molar-refractivity contribution in [2.45, 2.75) is 26.1 Å². The maximum atomic E-state index is 13.3. The van der Waals surface area contributed by atoms with E-state index in [0.29, 0.717) is 29.4 Å². The molecule has 2 N–H and O–H groups in total. The summed E-state index contributed by atoms with van der Waals surface area (Å²) in [5.41, 5.74) is 2.13. The Morgan fingerprint density at radius 3 is 2.63 bits per heavy atom. The maximum absolute atomic E-state index is 13.3. The van der Waals surface area contributed by atoms with E-state index in [1.165, 1.54) is 13.2 Å². The summed E-state index contributed by atoms with van der Waals surface area (Å²) in [6.07, 6.45) is -3.75. The zero-order chi connectivity index (χ0) is 21.3. The van der Waals surface area contributed by atoms with Crippen LogP contribution in [0.25, 0.3) is 22.6 Å². The summed E-state index contributed by atoms with van der Waals surface area (Å²) in [5, 5.41) is 17.7. The third-order valence-corrected chi connectivity index (χ3v) is 4.77. The number of methoxy groups -OCH3 is 1. The molecule has 0 bridgehead atoms. The average molecular weight is 417 g/mol. The van der Waals surface area contributed by atoms with E-state index < -0.39 is 11.7 Å². The standard InChI is InChI=1S/C20H18F3N5O2/c1-3-11-6-12-7-18(19-25-27-28-26-19)30-17(12)8-13(11)10-24-14-4-5-16(29-2)15(9-14)20(21,22)23/h4-9,24H,3,10H2,1-2H3,(H,25,26,27,28). The number of H-pyrrole nitrogens is 1. The smallest absolute Gasteiger partial charge is 0.420 e. The van der Waals surface area contributed by atoms with Crippen LogP contribution >= 0.6 is 0 Å². The van der Waals surface area contributed by atoms with Crippen LogP contribution in [-0.4, -0.2) is 27.7 Å².